The van der Waals surface area contributed by atoms with Crippen LogP contribution in [0.25, 0.3) is 0 Å². The average Bonchev–Trinajstić information content (AvgIpc) is 2.48. The Morgan fingerprint density at radius 2 is 2.10 bits per heavy atom. The summed E-state index contributed by atoms with van der Waals surface area (Å²) in [6.45, 7) is 1.93. The lowest BCUT2D eigenvalue weighted by molar-refractivity contribution is 0.222. The molecule has 1 aliphatic rings. The number of hydrogen-bond donors (Lipinski definition) is 1. The summed E-state index contributed by atoms with van der Waals surface area (Å²) in [5, 5.41) is 9.49. The van der Waals surface area contributed by atoms with Gasteiger partial charge in [0, 0.05) is 36.3 Å². The molecular formula is C16H17BrN2O. The van der Waals surface area contributed by atoms with Gasteiger partial charge < -0.3 is 10.0 Å². The second kappa shape index (κ2) is 5.94. The smallest absolute Gasteiger partial charge is 0.0641 e. The molecule has 0 radical (unpaired) electrons. The first kappa shape index (κ1) is 13.6. The standard InChI is InChI=1S/C16H17BrN2O/c17-14-7-16-15(18-8-14)6-13(11-20)10-19(16)9-12-4-2-1-3-5-12/h1-5,7-8,13,20H,6,9-11H2. The van der Waals surface area contributed by atoms with E-state index >= 15 is 0 Å². The van der Waals surface area contributed by atoms with E-state index < -0.39 is 0 Å². The number of anilines is 1. The van der Waals surface area contributed by atoms with Crippen molar-refractivity contribution in [3.63, 3.8) is 0 Å². The molecule has 3 rings (SSSR count). The zero-order chi connectivity index (χ0) is 13.9. The molecule has 1 unspecified atom stereocenters. The molecule has 0 fully saturated rings. The van der Waals surface area contributed by atoms with Crippen LogP contribution in [0.4, 0.5) is 5.69 Å². The number of hydrogen-bond acceptors (Lipinski definition) is 3. The van der Waals surface area contributed by atoms with Gasteiger partial charge in [-0.25, -0.2) is 0 Å². The second-order valence-electron chi connectivity index (χ2n) is 5.24. The fraction of sp³-hybridized carbons (Fsp3) is 0.312. The van der Waals surface area contributed by atoms with Gasteiger partial charge in [-0.15, -0.1) is 0 Å². The highest BCUT2D eigenvalue weighted by atomic mass is 79.9. The molecule has 104 valence electrons. The SMILES string of the molecule is OCC1Cc2ncc(Br)cc2N(Cc2ccccc2)C1. The first-order chi connectivity index (χ1) is 9.76. The van der Waals surface area contributed by atoms with Crippen LogP contribution in [0.2, 0.25) is 0 Å². The van der Waals surface area contributed by atoms with Crippen molar-refractivity contribution >= 4 is 21.6 Å². The summed E-state index contributed by atoms with van der Waals surface area (Å²) < 4.78 is 0.997. The third-order valence-electron chi connectivity index (χ3n) is 3.69. The van der Waals surface area contributed by atoms with Crippen LogP contribution in [-0.4, -0.2) is 23.2 Å². The van der Waals surface area contributed by atoms with Crippen molar-refractivity contribution < 1.29 is 5.11 Å². The second-order valence-corrected chi connectivity index (χ2v) is 6.15. The van der Waals surface area contributed by atoms with Crippen LogP contribution in [0.15, 0.2) is 47.1 Å². The maximum absolute atomic E-state index is 9.49. The van der Waals surface area contributed by atoms with Gasteiger partial charge in [-0.1, -0.05) is 30.3 Å². The lowest BCUT2D eigenvalue weighted by atomic mass is 9.96. The number of aromatic nitrogens is 1. The Morgan fingerprint density at radius 3 is 2.85 bits per heavy atom. The van der Waals surface area contributed by atoms with E-state index in [0.29, 0.717) is 0 Å². The van der Waals surface area contributed by atoms with E-state index in [-0.39, 0.29) is 12.5 Å². The summed E-state index contributed by atoms with van der Waals surface area (Å²) in [4.78, 5) is 6.82. The highest BCUT2D eigenvalue weighted by Gasteiger charge is 2.25. The molecule has 0 saturated heterocycles. The monoisotopic (exact) mass is 332 g/mol. The molecule has 0 aliphatic carbocycles. The van der Waals surface area contributed by atoms with Gasteiger partial charge in [-0.05, 0) is 34.0 Å². The van der Waals surface area contributed by atoms with Gasteiger partial charge in [0.15, 0.2) is 0 Å². The minimum absolute atomic E-state index is 0.211. The Kier molecular flexibility index (Phi) is 4.03. The molecule has 3 nitrogen and oxygen atoms in total. The highest BCUT2D eigenvalue weighted by Crippen LogP contribution is 2.31. The lowest BCUT2D eigenvalue weighted by Crippen LogP contribution is -2.37. The summed E-state index contributed by atoms with van der Waals surface area (Å²) >= 11 is 3.50. The Hall–Kier alpha value is -1.39. The van der Waals surface area contributed by atoms with E-state index in [1.54, 1.807) is 0 Å². The van der Waals surface area contributed by atoms with Crippen LogP contribution in [0.1, 0.15) is 11.3 Å². The van der Waals surface area contributed by atoms with Crippen LogP contribution in [0.5, 0.6) is 0 Å². The Balaban J connectivity index is 1.91. The summed E-state index contributed by atoms with van der Waals surface area (Å²) in [6, 6.07) is 12.5. The first-order valence-corrected chi connectivity index (χ1v) is 7.59. The summed E-state index contributed by atoms with van der Waals surface area (Å²) in [5.74, 6) is 0.264. The summed E-state index contributed by atoms with van der Waals surface area (Å²) in [6.07, 6.45) is 2.68. The van der Waals surface area contributed by atoms with Gasteiger partial charge in [-0.2, -0.15) is 0 Å². The molecule has 20 heavy (non-hydrogen) atoms. The highest BCUT2D eigenvalue weighted by molar-refractivity contribution is 9.10. The summed E-state index contributed by atoms with van der Waals surface area (Å²) in [5.41, 5.74) is 3.53. The molecule has 1 aliphatic heterocycles. The van der Waals surface area contributed by atoms with Crippen molar-refractivity contribution in [1.82, 2.24) is 4.98 Å². The third-order valence-corrected chi connectivity index (χ3v) is 4.12. The summed E-state index contributed by atoms with van der Waals surface area (Å²) in [7, 11) is 0. The molecule has 0 saturated carbocycles. The van der Waals surface area contributed by atoms with Crippen molar-refractivity contribution in [3.8, 4) is 0 Å². The van der Waals surface area contributed by atoms with Gasteiger partial charge in [0.1, 0.15) is 0 Å². The van der Waals surface area contributed by atoms with Crippen molar-refractivity contribution in [1.29, 1.82) is 0 Å². The van der Waals surface area contributed by atoms with Crippen LogP contribution in [-0.2, 0) is 13.0 Å². The number of benzene rings is 1. The Morgan fingerprint density at radius 1 is 1.30 bits per heavy atom. The molecule has 1 N–H and O–H groups in total. The Bertz CT molecular complexity index is 588. The minimum Gasteiger partial charge on any atom is -0.396 e. The predicted octanol–water partition coefficient (Wildman–Crippen LogP) is 3.02. The number of aliphatic hydroxyl groups excluding tert-OH is 1. The molecule has 4 heteroatoms. The topological polar surface area (TPSA) is 36.4 Å². The molecule has 0 bridgehead atoms. The molecule has 0 spiro atoms. The van der Waals surface area contributed by atoms with Crippen LogP contribution >= 0.6 is 15.9 Å². The normalized spacial score (nSPS) is 17.9. The number of pyridine rings is 1. The van der Waals surface area contributed by atoms with Crippen molar-refractivity contribution in [2.75, 3.05) is 18.1 Å². The molecule has 0 amide bonds. The zero-order valence-corrected chi connectivity index (χ0v) is 12.8. The van der Waals surface area contributed by atoms with Gasteiger partial charge in [-0.3, -0.25) is 4.98 Å². The van der Waals surface area contributed by atoms with Gasteiger partial charge in [0.05, 0.1) is 11.4 Å². The number of fused-ring (bicyclic) bond motifs is 1. The average molecular weight is 333 g/mol. The fourth-order valence-electron chi connectivity index (χ4n) is 2.71. The van der Waals surface area contributed by atoms with Crippen molar-refractivity contribution in [2.24, 2.45) is 5.92 Å². The van der Waals surface area contributed by atoms with Gasteiger partial charge >= 0.3 is 0 Å². The molecule has 1 atom stereocenters. The molecule has 2 aromatic rings. The Labute approximate surface area is 127 Å². The van der Waals surface area contributed by atoms with E-state index in [2.05, 4.69) is 56.1 Å². The predicted molar refractivity (Wildman–Crippen MR) is 83.7 cm³/mol. The van der Waals surface area contributed by atoms with E-state index in [4.69, 9.17) is 0 Å². The van der Waals surface area contributed by atoms with Gasteiger partial charge in [0.2, 0.25) is 0 Å². The number of nitrogens with zero attached hydrogens (tertiary/aromatic N) is 2. The first-order valence-electron chi connectivity index (χ1n) is 6.80. The molecule has 2 heterocycles. The number of aliphatic hydroxyl groups is 1. The largest absolute Gasteiger partial charge is 0.396 e. The lowest BCUT2D eigenvalue weighted by Gasteiger charge is -2.35. The number of halogens is 1. The maximum atomic E-state index is 9.49. The van der Waals surface area contributed by atoms with Crippen molar-refractivity contribution in [2.45, 2.75) is 13.0 Å². The third kappa shape index (κ3) is 2.86. The molecule has 1 aromatic carbocycles. The maximum Gasteiger partial charge on any atom is 0.0641 e. The van der Waals surface area contributed by atoms with Crippen molar-refractivity contribution in [3.05, 3.63) is 58.3 Å². The van der Waals surface area contributed by atoms with E-state index in [1.165, 1.54) is 11.3 Å². The minimum atomic E-state index is 0.211. The molecular weight excluding hydrogens is 316 g/mol. The zero-order valence-electron chi connectivity index (χ0n) is 11.2. The van der Waals surface area contributed by atoms with Gasteiger partial charge in [0.25, 0.3) is 0 Å². The number of rotatable bonds is 3. The quantitative estimate of drug-likeness (QED) is 0.938. The molecule has 1 aromatic heterocycles. The van der Waals surface area contributed by atoms with E-state index in [9.17, 15) is 5.11 Å². The van der Waals surface area contributed by atoms with Crippen LogP contribution in [0, 0.1) is 5.92 Å². The van der Waals surface area contributed by atoms with E-state index in [0.717, 1.165) is 29.7 Å². The van der Waals surface area contributed by atoms with Crippen LogP contribution < -0.4 is 4.90 Å². The van der Waals surface area contributed by atoms with Crippen LogP contribution in [0.3, 0.4) is 0 Å². The van der Waals surface area contributed by atoms with E-state index in [1.807, 2.05) is 12.3 Å². The fourth-order valence-corrected chi connectivity index (χ4v) is 3.03.